The maximum Gasteiger partial charge on any atom is 0.433 e. The van der Waals surface area contributed by atoms with Crippen LogP contribution in [0.2, 0.25) is 0 Å². The van der Waals surface area contributed by atoms with Crippen molar-refractivity contribution in [3.8, 4) is 39.6 Å². The molecule has 1 aromatic heterocycles. The summed E-state index contributed by atoms with van der Waals surface area (Å²) in [5.74, 6) is 0.428. The number of phenols is 1. The summed E-state index contributed by atoms with van der Waals surface area (Å²) in [5, 5.41) is 16.2. The zero-order valence-electron chi connectivity index (χ0n) is 14.6. The number of aromatic hydroxyl groups is 1. The van der Waals surface area contributed by atoms with Crippen molar-refractivity contribution in [3.63, 3.8) is 0 Å². The Bertz CT molecular complexity index is 952. The SMILES string of the molecule is CCOc1ccc(-c2n[nH]c(C(F)(F)F)c2-c2ccccc2OC)c(O)c1. The van der Waals surface area contributed by atoms with Gasteiger partial charge in [-0.1, -0.05) is 18.2 Å². The second kappa shape index (κ2) is 7.22. The van der Waals surface area contributed by atoms with Crippen molar-refractivity contribution in [2.45, 2.75) is 13.1 Å². The topological polar surface area (TPSA) is 67.4 Å². The normalized spacial score (nSPS) is 11.4. The minimum atomic E-state index is -4.66. The van der Waals surface area contributed by atoms with E-state index < -0.39 is 11.9 Å². The van der Waals surface area contributed by atoms with Crippen molar-refractivity contribution in [1.82, 2.24) is 10.2 Å². The molecule has 8 heteroatoms. The fourth-order valence-corrected chi connectivity index (χ4v) is 2.82. The third-order valence-corrected chi connectivity index (χ3v) is 3.96. The van der Waals surface area contributed by atoms with Crippen molar-refractivity contribution in [1.29, 1.82) is 0 Å². The molecular weight excluding hydrogens is 361 g/mol. The number of para-hydroxylation sites is 1. The Balaban J connectivity index is 2.25. The number of halogens is 3. The molecule has 0 aliphatic rings. The molecule has 27 heavy (non-hydrogen) atoms. The second-order valence-electron chi connectivity index (χ2n) is 5.63. The second-order valence-corrected chi connectivity index (χ2v) is 5.63. The lowest BCUT2D eigenvalue weighted by atomic mass is 9.97. The molecule has 5 nitrogen and oxygen atoms in total. The lowest BCUT2D eigenvalue weighted by Gasteiger charge is -2.13. The van der Waals surface area contributed by atoms with E-state index in [-0.39, 0.29) is 33.9 Å². The summed E-state index contributed by atoms with van der Waals surface area (Å²) in [6, 6.07) is 10.7. The minimum absolute atomic E-state index is 0.0348. The van der Waals surface area contributed by atoms with Gasteiger partial charge < -0.3 is 14.6 Å². The van der Waals surface area contributed by atoms with Gasteiger partial charge in [0.2, 0.25) is 0 Å². The maximum atomic E-state index is 13.6. The summed E-state index contributed by atoms with van der Waals surface area (Å²) in [4.78, 5) is 0. The quantitative estimate of drug-likeness (QED) is 0.664. The average molecular weight is 378 g/mol. The number of phenolic OH excluding ortho intramolecular Hbond substituents is 1. The van der Waals surface area contributed by atoms with Crippen molar-refractivity contribution in [2.24, 2.45) is 0 Å². The highest BCUT2D eigenvalue weighted by atomic mass is 19.4. The summed E-state index contributed by atoms with van der Waals surface area (Å²) < 4.78 is 51.2. The lowest BCUT2D eigenvalue weighted by molar-refractivity contribution is -0.140. The number of benzene rings is 2. The molecule has 0 atom stereocenters. The fourth-order valence-electron chi connectivity index (χ4n) is 2.82. The van der Waals surface area contributed by atoms with E-state index in [2.05, 4.69) is 10.2 Å². The highest BCUT2D eigenvalue weighted by Crippen LogP contribution is 2.46. The molecule has 0 spiro atoms. The van der Waals surface area contributed by atoms with E-state index in [0.717, 1.165) is 0 Å². The molecule has 0 amide bonds. The third-order valence-electron chi connectivity index (χ3n) is 3.96. The van der Waals surface area contributed by atoms with E-state index in [4.69, 9.17) is 9.47 Å². The van der Waals surface area contributed by atoms with Gasteiger partial charge >= 0.3 is 6.18 Å². The van der Waals surface area contributed by atoms with Crippen LogP contribution in [0.5, 0.6) is 17.2 Å². The van der Waals surface area contributed by atoms with Gasteiger partial charge in [-0.15, -0.1) is 0 Å². The minimum Gasteiger partial charge on any atom is -0.507 e. The zero-order valence-corrected chi connectivity index (χ0v) is 14.6. The number of H-pyrrole nitrogens is 1. The third kappa shape index (κ3) is 3.55. The number of hydrogen-bond donors (Lipinski definition) is 2. The van der Waals surface area contributed by atoms with Gasteiger partial charge in [0, 0.05) is 22.8 Å². The fraction of sp³-hybridized carbons (Fsp3) is 0.211. The van der Waals surface area contributed by atoms with Gasteiger partial charge in [-0.2, -0.15) is 18.3 Å². The van der Waals surface area contributed by atoms with Crippen molar-refractivity contribution >= 4 is 0 Å². The van der Waals surface area contributed by atoms with E-state index in [0.29, 0.717) is 12.4 Å². The highest BCUT2D eigenvalue weighted by Gasteiger charge is 2.39. The number of nitrogens with one attached hydrogen (secondary N) is 1. The van der Waals surface area contributed by atoms with Gasteiger partial charge in [0.15, 0.2) is 0 Å². The Kier molecular flexibility index (Phi) is 4.98. The van der Waals surface area contributed by atoms with Gasteiger partial charge in [-0.05, 0) is 25.1 Å². The summed E-state index contributed by atoms with van der Waals surface area (Å²) in [7, 11) is 1.38. The van der Waals surface area contributed by atoms with Crippen LogP contribution in [-0.2, 0) is 6.18 Å². The van der Waals surface area contributed by atoms with E-state index in [1.807, 2.05) is 0 Å². The molecule has 3 aromatic rings. The molecule has 1 heterocycles. The number of alkyl halides is 3. The zero-order chi connectivity index (χ0) is 19.6. The molecule has 142 valence electrons. The van der Waals surface area contributed by atoms with Crippen LogP contribution in [0.3, 0.4) is 0 Å². The Labute approximate surface area is 153 Å². The smallest absolute Gasteiger partial charge is 0.433 e. The Morgan fingerprint density at radius 1 is 1.11 bits per heavy atom. The number of methoxy groups -OCH3 is 1. The lowest BCUT2D eigenvalue weighted by Crippen LogP contribution is -2.07. The molecular formula is C19H17F3N2O3. The van der Waals surface area contributed by atoms with Crippen LogP contribution >= 0.6 is 0 Å². The predicted octanol–water partition coefficient (Wildman–Crippen LogP) is 4.88. The molecule has 3 rings (SSSR count). The summed E-state index contributed by atoms with van der Waals surface area (Å²) in [6.07, 6.45) is -4.66. The van der Waals surface area contributed by atoms with E-state index in [1.165, 1.54) is 25.3 Å². The maximum absolute atomic E-state index is 13.6. The van der Waals surface area contributed by atoms with Gasteiger partial charge in [0.05, 0.1) is 13.7 Å². The van der Waals surface area contributed by atoms with Crippen LogP contribution in [0, 0.1) is 0 Å². The monoisotopic (exact) mass is 378 g/mol. The van der Waals surface area contributed by atoms with Gasteiger partial charge in [0.25, 0.3) is 0 Å². The molecule has 0 saturated carbocycles. The number of aromatic amines is 1. The van der Waals surface area contributed by atoms with Gasteiger partial charge in [-0.3, -0.25) is 5.10 Å². The first-order valence-corrected chi connectivity index (χ1v) is 8.12. The summed E-state index contributed by atoms with van der Waals surface area (Å²) >= 11 is 0. The predicted molar refractivity (Wildman–Crippen MR) is 93.8 cm³/mol. The van der Waals surface area contributed by atoms with Crippen LogP contribution in [0.4, 0.5) is 13.2 Å². The van der Waals surface area contributed by atoms with Gasteiger partial charge in [-0.25, -0.2) is 0 Å². The van der Waals surface area contributed by atoms with E-state index in [9.17, 15) is 18.3 Å². The molecule has 0 aliphatic carbocycles. The Hall–Kier alpha value is -3.16. The molecule has 2 aromatic carbocycles. The standard InChI is InChI=1S/C19H17F3N2O3/c1-3-27-11-8-9-12(14(25)10-11)17-16(18(24-23-17)19(20,21)22)13-6-4-5-7-15(13)26-2/h4-10,25H,3H2,1-2H3,(H,23,24). The number of ether oxygens (including phenoxy) is 2. The molecule has 0 fully saturated rings. The van der Waals surface area contributed by atoms with E-state index >= 15 is 0 Å². The molecule has 0 saturated heterocycles. The molecule has 0 radical (unpaired) electrons. The Morgan fingerprint density at radius 3 is 2.48 bits per heavy atom. The molecule has 0 aliphatic heterocycles. The van der Waals surface area contributed by atoms with Crippen LogP contribution in [-0.4, -0.2) is 29.0 Å². The molecule has 0 bridgehead atoms. The van der Waals surface area contributed by atoms with Crippen LogP contribution in [0.15, 0.2) is 42.5 Å². The first-order chi connectivity index (χ1) is 12.9. The summed E-state index contributed by atoms with van der Waals surface area (Å²) in [6.45, 7) is 2.18. The van der Waals surface area contributed by atoms with Crippen LogP contribution in [0.1, 0.15) is 12.6 Å². The van der Waals surface area contributed by atoms with E-state index in [1.54, 1.807) is 31.2 Å². The number of rotatable bonds is 5. The molecule has 0 unspecified atom stereocenters. The largest absolute Gasteiger partial charge is 0.507 e. The van der Waals surface area contributed by atoms with Crippen molar-refractivity contribution in [2.75, 3.05) is 13.7 Å². The number of aromatic nitrogens is 2. The van der Waals surface area contributed by atoms with Gasteiger partial charge in [0.1, 0.15) is 28.6 Å². The van der Waals surface area contributed by atoms with Crippen LogP contribution in [0.25, 0.3) is 22.4 Å². The first kappa shape index (κ1) is 18.6. The van der Waals surface area contributed by atoms with Crippen molar-refractivity contribution in [3.05, 3.63) is 48.2 Å². The average Bonchev–Trinajstić information content (AvgIpc) is 3.07. The summed E-state index contributed by atoms with van der Waals surface area (Å²) in [5.41, 5.74) is -0.891. The highest BCUT2D eigenvalue weighted by molar-refractivity contribution is 5.88. The van der Waals surface area contributed by atoms with Crippen LogP contribution < -0.4 is 9.47 Å². The number of hydrogen-bond acceptors (Lipinski definition) is 4. The number of nitrogens with zero attached hydrogens (tertiary/aromatic N) is 1. The first-order valence-electron chi connectivity index (χ1n) is 8.12. The van der Waals surface area contributed by atoms with Crippen molar-refractivity contribution < 1.29 is 27.8 Å². The molecule has 2 N–H and O–H groups in total. The Morgan fingerprint density at radius 2 is 1.85 bits per heavy atom.